The van der Waals surface area contributed by atoms with Gasteiger partial charge in [0.05, 0.1) is 55.9 Å². The molecule has 0 N–H and O–H groups in total. The largest absolute Gasteiger partial charge is 0.308 e. The molecule has 0 atom stereocenters. The molecule has 0 bridgehead atoms. The van der Waals surface area contributed by atoms with E-state index in [-0.39, 0.29) is 0 Å². The third kappa shape index (κ3) is 6.78. The number of fused-ring (bicyclic) bond motifs is 6. The van der Waals surface area contributed by atoms with Crippen LogP contribution in [0.15, 0.2) is 194 Å². The zero-order chi connectivity index (χ0) is 41.0. The van der Waals surface area contributed by atoms with E-state index in [1.165, 1.54) is 0 Å². The first-order chi connectivity index (χ1) is 29.8. The van der Waals surface area contributed by atoms with E-state index in [1.54, 1.807) is 0 Å². The summed E-state index contributed by atoms with van der Waals surface area (Å²) < 4.78 is 4.63. The van der Waals surface area contributed by atoms with Crippen molar-refractivity contribution in [2.24, 2.45) is 0 Å². The number of aromatic nitrogens is 6. The van der Waals surface area contributed by atoms with E-state index in [9.17, 15) is 0 Å². The summed E-state index contributed by atoms with van der Waals surface area (Å²) in [5.74, 6) is 0. The fourth-order valence-electron chi connectivity index (χ4n) is 8.05. The average Bonchev–Trinajstić information content (AvgIpc) is 3.86. The molecule has 0 aliphatic heterocycles. The summed E-state index contributed by atoms with van der Waals surface area (Å²) in [4.78, 5) is 19.9. The Morgan fingerprint density at radius 3 is 1.15 bits per heavy atom. The molecule has 5 aromatic carbocycles. The van der Waals surface area contributed by atoms with Crippen LogP contribution in [0.5, 0.6) is 0 Å². The third-order valence-corrected chi connectivity index (χ3v) is 10.6. The molecule has 0 unspecified atom stereocenters. The minimum atomic E-state index is 0.926. The average molecular weight is 777 g/mol. The van der Waals surface area contributed by atoms with E-state index >= 15 is 0 Å². The summed E-state index contributed by atoms with van der Waals surface area (Å²) in [6, 6.07) is 63.3. The molecule has 60 heavy (non-hydrogen) atoms. The van der Waals surface area contributed by atoms with Gasteiger partial charge >= 0.3 is 0 Å². The quantitative estimate of drug-likeness (QED) is 0.169. The van der Waals surface area contributed by atoms with Gasteiger partial charge in [0.1, 0.15) is 0 Å². The molecule has 0 amide bonds. The lowest BCUT2D eigenvalue weighted by molar-refractivity contribution is 1.13. The minimum Gasteiger partial charge on any atom is -0.308 e. The van der Waals surface area contributed by atoms with Gasteiger partial charge in [-0.05, 0) is 91.0 Å². The maximum atomic E-state index is 5.06. The molecule has 11 rings (SSSR count). The van der Waals surface area contributed by atoms with Gasteiger partial charge < -0.3 is 9.13 Å². The smallest absolute Gasteiger partial charge is 0.0963 e. The van der Waals surface area contributed by atoms with Crippen LogP contribution in [0.1, 0.15) is 27.7 Å². The van der Waals surface area contributed by atoms with Crippen molar-refractivity contribution in [1.29, 1.82) is 0 Å². The minimum absolute atomic E-state index is 0.926. The standard InChI is InChI=1S/C50H32N6.2C2H6/c1-3-12-33(13-4-1)41-18-8-20-43(53-41)35-24-26-45-39(30-35)49-47(22-10-28-51-49)55(45)37-16-7-17-38(32-37)56-46-27-25-36(31-40(46)50-48(56)23-11-29-52-50)44-21-9-19-42(54-44)34-14-5-2-6-15-34;2*1-2/h1-32H;2*1-2H3. The van der Waals surface area contributed by atoms with Gasteiger partial charge in [0.25, 0.3) is 0 Å². The monoisotopic (exact) mass is 776 g/mol. The normalized spacial score (nSPS) is 11.0. The Morgan fingerprint density at radius 1 is 0.317 bits per heavy atom. The summed E-state index contributed by atoms with van der Waals surface area (Å²) >= 11 is 0. The van der Waals surface area contributed by atoms with Gasteiger partial charge in [0, 0.05) is 56.8 Å². The molecule has 290 valence electrons. The second-order valence-electron chi connectivity index (χ2n) is 13.9. The highest BCUT2D eigenvalue weighted by Crippen LogP contribution is 2.37. The molecule has 0 spiro atoms. The van der Waals surface area contributed by atoms with Gasteiger partial charge in [-0.2, -0.15) is 0 Å². The number of nitrogens with zero attached hydrogens (tertiary/aromatic N) is 6. The Morgan fingerprint density at radius 2 is 0.717 bits per heavy atom. The molecule has 6 aromatic heterocycles. The molecule has 6 heteroatoms. The first kappa shape index (κ1) is 37.9. The highest BCUT2D eigenvalue weighted by Gasteiger charge is 2.18. The van der Waals surface area contributed by atoms with Crippen LogP contribution in [-0.4, -0.2) is 29.1 Å². The topological polar surface area (TPSA) is 61.4 Å². The number of benzene rings is 5. The van der Waals surface area contributed by atoms with Crippen molar-refractivity contribution in [3.05, 3.63) is 194 Å². The van der Waals surface area contributed by atoms with Crippen LogP contribution < -0.4 is 0 Å². The van der Waals surface area contributed by atoms with Crippen molar-refractivity contribution in [2.75, 3.05) is 0 Å². The van der Waals surface area contributed by atoms with E-state index in [2.05, 4.69) is 143 Å². The van der Waals surface area contributed by atoms with E-state index in [0.29, 0.717) is 0 Å². The van der Waals surface area contributed by atoms with E-state index in [0.717, 1.165) is 100 Å². The summed E-state index contributed by atoms with van der Waals surface area (Å²) in [5.41, 5.74) is 16.3. The zero-order valence-electron chi connectivity index (χ0n) is 34.2. The lowest BCUT2D eigenvalue weighted by Gasteiger charge is -2.13. The van der Waals surface area contributed by atoms with Gasteiger partial charge in [-0.1, -0.05) is 119 Å². The maximum absolute atomic E-state index is 5.06. The summed E-state index contributed by atoms with van der Waals surface area (Å²) in [7, 11) is 0. The lowest BCUT2D eigenvalue weighted by Crippen LogP contribution is -1.98. The first-order valence-corrected chi connectivity index (χ1v) is 20.7. The van der Waals surface area contributed by atoms with Crippen LogP contribution in [-0.2, 0) is 0 Å². The van der Waals surface area contributed by atoms with Crippen LogP contribution in [0, 0.1) is 0 Å². The van der Waals surface area contributed by atoms with Crippen LogP contribution >= 0.6 is 0 Å². The van der Waals surface area contributed by atoms with Gasteiger partial charge in [-0.25, -0.2) is 9.97 Å². The number of hydrogen-bond acceptors (Lipinski definition) is 4. The molecule has 11 aromatic rings. The van der Waals surface area contributed by atoms with E-state index < -0.39 is 0 Å². The Balaban J connectivity index is 0.00000112. The fraction of sp³-hybridized carbons (Fsp3) is 0.0741. The van der Waals surface area contributed by atoms with Crippen LogP contribution in [0.4, 0.5) is 0 Å². The van der Waals surface area contributed by atoms with Crippen LogP contribution in [0.2, 0.25) is 0 Å². The van der Waals surface area contributed by atoms with Crippen LogP contribution in [0.25, 0.3) is 100 Å². The molecule has 6 heterocycles. The van der Waals surface area contributed by atoms with Crippen molar-refractivity contribution in [1.82, 2.24) is 29.1 Å². The van der Waals surface area contributed by atoms with Crippen molar-refractivity contribution in [3.8, 4) is 56.4 Å². The van der Waals surface area contributed by atoms with Gasteiger partial charge in [0.2, 0.25) is 0 Å². The molecular formula is C54H44N6. The SMILES string of the molecule is CC.CC.c1ccc(-c2cccc(-c3ccc4c(c3)c3ncccc3n4-c3cccc(-n4c5ccc(-c6cccc(-c7ccccc7)n6)cc5c5ncccc54)c3)n2)cc1. The van der Waals surface area contributed by atoms with Crippen molar-refractivity contribution < 1.29 is 0 Å². The Kier molecular flexibility index (Phi) is 10.5. The molecule has 0 aliphatic rings. The Hall–Kier alpha value is -7.70. The van der Waals surface area contributed by atoms with E-state index in [4.69, 9.17) is 19.9 Å². The molecular weight excluding hydrogens is 733 g/mol. The lowest BCUT2D eigenvalue weighted by atomic mass is 10.1. The van der Waals surface area contributed by atoms with E-state index in [1.807, 2.05) is 88.6 Å². The van der Waals surface area contributed by atoms with Gasteiger partial charge in [-0.3, -0.25) is 9.97 Å². The third-order valence-electron chi connectivity index (χ3n) is 10.6. The van der Waals surface area contributed by atoms with Crippen molar-refractivity contribution >= 4 is 43.9 Å². The molecule has 0 fully saturated rings. The fourth-order valence-corrected chi connectivity index (χ4v) is 8.05. The van der Waals surface area contributed by atoms with Crippen molar-refractivity contribution in [3.63, 3.8) is 0 Å². The first-order valence-electron chi connectivity index (χ1n) is 20.7. The molecule has 6 nitrogen and oxygen atoms in total. The Bertz CT molecular complexity index is 3040. The predicted octanol–water partition coefficient (Wildman–Crippen LogP) is 14.2. The Labute approximate surface area is 350 Å². The predicted molar refractivity (Wildman–Crippen MR) is 251 cm³/mol. The highest BCUT2D eigenvalue weighted by atomic mass is 15.0. The molecule has 0 saturated heterocycles. The van der Waals surface area contributed by atoms with Crippen molar-refractivity contribution in [2.45, 2.75) is 27.7 Å². The second kappa shape index (κ2) is 16.6. The van der Waals surface area contributed by atoms with Gasteiger partial charge in [0.15, 0.2) is 0 Å². The number of pyridine rings is 4. The second-order valence-corrected chi connectivity index (χ2v) is 13.9. The molecule has 0 aliphatic carbocycles. The zero-order valence-corrected chi connectivity index (χ0v) is 34.2. The molecule has 0 saturated carbocycles. The number of hydrogen-bond donors (Lipinski definition) is 0. The summed E-state index contributed by atoms with van der Waals surface area (Å²) in [6.07, 6.45) is 3.74. The number of rotatable bonds is 6. The summed E-state index contributed by atoms with van der Waals surface area (Å²) in [5, 5.41) is 2.16. The molecule has 0 radical (unpaired) electrons. The summed E-state index contributed by atoms with van der Waals surface area (Å²) in [6.45, 7) is 8.00. The van der Waals surface area contributed by atoms with Gasteiger partial charge in [-0.15, -0.1) is 0 Å². The highest BCUT2D eigenvalue weighted by molar-refractivity contribution is 6.09. The van der Waals surface area contributed by atoms with Crippen LogP contribution in [0.3, 0.4) is 0 Å². The maximum Gasteiger partial charge on any atom is 0.0963 e.